The van der Waals surface area contributed by atoms with Gasteiger partial charge in [0.05, 0.1) is 0 Å². The Hall–Kier alpha value is -0.180. The van der Waals surface area contributed by atoms with Crippen molar-refractivity contribution < 1.29 is 8.78 Å². The van der Waals surface area contributed by atoms with Crippen LogP contribution in [0.25, 0.3) is 0 Å². The fraction of sp³-hybridized carbons (Fsp3) is 1.00. The van der Waals surface area contributed by atoms with Gasteiger partial charge in [0.25, 0.3) is 0 Å². The molecular weight excluding hydrogens is 196 g/mol. The van der Waals surface area contributed by atoms with Crippen LogP contribution in [0.5, 0.6) is 0 Å². The van der Waals surface area contributed by atoms with Gasteiger partial charge in [-0.3, -0.25) is 0 Å². The summed E-state index contributed by atoms with van der Waals surface area (Å²) < 4.78 is 25.8. The first-order chi connectivity index (χ1) is 6.85. The highest BCUT2D eigenvalue weighted by molar-refractivity contribution is 4.82. The fourth-order valence-corrected chi connectivity index (χ4v) is 1.85. The summed E-state index contributed by atoms with van der Waals surface area (Å²) in [6.45, 7) is 7.34. The highest BCUT2D eigenvalue weighted by atomic mass is 19.3. The van der Waals surface area contributed by atoms with Crippen molar-refractivity contribution in [1.29, 1.82) is 0 Å². The van der Waals surface area contributed by atoms with Gasteiger partial charge in [0.1, 0.15) is 0 Å². The lowest BCUT2D eigenvalue weighted by molar-refractivity contribution is -0.0459. The maximum atomic E-state index is 12.9. The van der Waals surface area contributed by atoms with Gasteiger partial charge in [-0.1, -0.05) is 6.92 Å². The molecule has 0 atom stereocenters. The Labute approximate surface area is 91.6 Å². The van der Waals surface area contributed by atoms with Gasteiger partial charge in [-0.25, -0.2) is 8.78 Å². The fourth-order valence-electron chi connectivity index (χ4n) is 1.85. The van der Waals surface area contributed by atoms with E-state index in [1.807, 2.05) is 0 Å². The highest BCUT2D eigenvalue weighted by Crippen LogP contribution is 2.35. The molecule has 0 unspecified atom stereocenters. The summed E-state index contributed by atoms with van der Waals surface area (Å²) in [6, 6.07) is 0. The molecule has 0 bridgehead atoms. The molecule has 0 saturated heterocycles. The molecule has 0 radical (unpaired) electrons. The molecule has 1 nitrogen and oxygen atoms in total. The van der Waals surface area contributed by atoms with Gasteiger partial charge in [-0.15, -0.1) is 0 Å². The molecule has 3 heteroatoms. The van der Waals surface area contributed by atoms with Crippen LogP contribution < -0.4 is 5.32 Å². The summed E-state index contributed by atoms with van der Waals surface area (Å²) in [5.74, 6) is -1.95. The number of nitrogens with one attached hydrogen (secondary N) is 1. The van der Waals surface area contributed by atoms with Crippen molar-refractivity contribution in [3.63, 3.8) is 0 Å². The number of rotatable bonds is 4. The Kier molecular flexibility index (Phi) is 4.10. The molecule has 0 amide bonds. The summed E-state index contributed by atoms with van der Waals surface area (Å²) in [7, 11) is 0. The van der Waals surface area contributed by atoms with E-state index in [-0.39, 0.29) is 18.4 Å². The van der Waals surface area contributed by atoms with Gasteiger partial charge in [-0.2, -0.15) is 0 Å². The van der Waals surface area contributed by atoms with Crippen LogP contribution in [-0.4, -0.2) is 18.0 Å². The van der Waals surface area contributed by atoms with E-state index in [1.54, 1.807) is 0 Å². The van der Waals surface area contributed by atoms with Crippen LogP contribution >= 0.6 is 0 Å². The SMILES string of the molecule is CCC(C)(C)NCC1CCC(F)(F)CC1. The van der Waals surface area contributed by atoms with E-state index in [0.29, 0.717) is 18.8 Å². The normalized spacial score (nSPS) is 23.0. The third-order valence-electron chi connectivity index (χ3n) is 3.59. The minimum absolute atomic E-state index is 0.0753. The van der Waals surface area contributed by atoms with Crippen LogP contribution in [0.15, 0.2) is 0 Å². The standard InChI is InChI=1S/C12H23F2N/c1-4-11(2,3)15-9-10-5-7-12(13,14)8-6-10/h10,15H,4-9H2,1-3H3. The number of hydrogen-bond donors (Lipinski definition) is 1. The molecule has 1 saturated carbocycles. The van der Waals surface area contributed by atoms with Crippen molar-refractivity contribution in [2.75, 3.05) is 6.54 Å². The Morgan fingerprint density at radius 1 is 1.27 bits per heavy atom. The van der Waals surface area contributed by atoms with Crippen molar-refractivity contribution >= 4 is 0 Å². The third kappa shape index (κ3) is 4.45. The summed E-state index contributed by atoms with van der Waals surface area (Å²) in [6.07, 6.45) is 2.55. The molecular formula is C12H23F2N. The number of alkyl halides is 2. The lowest BCUT2D eigenvalue weighted by Gasteiger charge is -2.32. The number of hydrogen-bond acceptors (Lipinski definition) is 1. The van der Waals surface area contributed by atoms with Crippen LogP contribution in [0.3, 0.4) is 0 Å². The van der Waals surface area contributed by atoms with Crippen LogP contribution in [0.4, 0.5) is 8.78 Å². The topological polar surface area (TPSA) is 12.0 Å². The zero-order valence-electron chi connectivity index (χ0n) is 10.1. The zero-order valence-corrected chi connectivity index (χ0v) is 10.1. The average molecular weight is 219 g/mol. The molecule has 0 heterocycles. The van der Waals surface area contributed by atoms with Crippen LogP contribution in [0.2, 0.25) is 0 Å². The molecule has 90 valence electrons. The van der Waals surface area contributed by atoms with Crippen molar-refractivity contribution in [1.82, 2.24) is 5.32 Å². The second-order valence-corrected chi connectivity index (χ2v) is 5.42. The molecule has 1 aliphatic rings. The van der Waals surface area contributed by atoms with E-state index in [9.17, 15) is 8.78 Å². The molecule has 0 aromatic carbocycles. The van der Waals surface area contributed by atoms with E-state index < -0.39 is 5.92 Å². The maximum absolute atomic E-state index is 12.9. The molecule has 1 fully saturated rings. The van der Waals surface area contributed by atoms with E-state index in [0.717, 1.165) is 13.0 Å². The van der Waals surface area contributed by atoms with Crippen molar-refractivity contribution in [3.05, 3.63) is 0 Å². The highest BCUT2D eigenvalue weighted by Gasteiger charge is 2.34. The quantitative estimate of drug-likeness (QED) is 0.762. The average Bonchev–Trinajstić information content (AvgIpc) is 2.16. The van der Waals surface area contributed by atoms with Crippen molar-refractivity contribution in [3.8, 4) is 0 Å². The predicted molar refractivity (Wildman–Crippen MR) is 59.3 cm³/mol. The van der Waals surface area contributed by atoms with E-state index in [4.69, 9.17) is 0 Å². The Morgan fingerprint density at radius 2 is 1.80 bits per heavy atom. The van der Waals surface area contributed by atoms with Crippen molar-refractivity contribution in [2.24, 2.45) is 5.92 Å². The third-order valence-corrected chi connectivity index (χ3v) is 3.59. The monoisotopic (exact) mass is 219 g/mol. The van der Waals surface area contributed by atoms with Gasteiger partial charge >= 0.3 is 0 Å². The smallest absolute Gasteiger partial charge is 0.248 e. The largest absolute Gasteiger partial charge is 0.312 e. The van der Waals surface area contributed by atoms with Gasteiger partial charge in [-0.05, 0) is 45.6 Å². The lowest BCUT2D eigenvalue weighted by atomic mass is 9.86. The molecule has 15 heavy (non-hydrogen) atoms. The Balaban J connectivity index is 2.25. The first-order valence-corrected chi connectivity index (χ1v) is 5.97. The Bertz CT molecular complexity index is 192. The molecule has 1 N–H and O–H groups in total. The summed E-state index contributed by atoms with van der Waals surface area (Å²) in [5.41, 5.74) is 0.139. The second kappa shape index (κ2) is 4.77. The van der Waals surface area contributed by atoms with Gasteiger partial charge in [0.2, 0.25) is 5.92 Å². The van der Waals surface area contributed by atoms with Crippen LogP contribution in [-0.2, 0) is 0 Å². The van der Waals surface area contributed by atoms with Gasteiger partial charge in [0.15, 0.2) is 0 Å². The number of halogens is 2. The maximum Gasteiger partial charge on any atom is 0.248 e. The van der Waals surface area contributed by atoms with E-state index in [1.165, 1.54) is 0 Å². The molecule has 1 rings (SSSR count). The molecule has 0 aromatic rings. The van der Waals surface area contributed by atoms with Gasteiger partial charge in [0, 0.05) is 18.4 Å². The lowest BCUT2D eigenvalue weighted by Crippen LogP contribution is -2.42. The second-order valence-electron chi connectivity index (χ2n) is 5.42. The Morgan fingerprint density at radius 3 is 2.27 bits per heavy atom. The van der Waals surface area contributed by atoms with Gasteiger partial charge < -0.3 is 5.32 Å². The van der Waals surface area contributed by atoms with Crippen LogP contribution in [0.1, 0.15) is 52.9 Å². The molecule has 1 aliphatic carbocycles. The molecule has 0 aromatic heterocycles. The summed E-state index contributed by atoms with van der Waals surface area (Å²) >= 11 is 0. The summed E-state index contributed by atoms with van der Waals surface area (Å²) in [4.78, 5) is 0. The first-order valence-electron chi connectivity index (χ1n) is 5.97. The zero-order chi connectivity index (χ0) is 11.5. The molecule has 0 spiro atoms. The van der Waals surface area contributed by atoms with E-state index >= 15 is 0 Å². The van der Waals surface area contributed by atoms with E-state index in [2.05, 4.69) is 26.1 Å². The van der Waals surface area contributed by atoms with Crippen LogP contribution in [0, 0.1) is 5.92 Å². The minimum atomic E-state index is -2.39. The summed E-state index contributed by atoms with van der Waals surface area (Å²) in [5, 5.41) is 3.46. The predicted octanol–water partition coefficient (Wildman–Crippen LogP) is 3.59. The first kappa shape index (κ1) is 12.9. The molecule has 0 aliphatic heterocycles. The minimum Gasteiger partial charge on any atom is -0.312 e. The van der Waals surface area contributed by atoms with Crippen molar-refractivity contribution in [2.45, 2.75) is 64.3 Å².